The van der Waals surface area contributed by atoms with Crippen molar-refractivity contribution in [2.45, 2.75) is 32.4 Å². The lowest BCUT2D eigenvalue weighted by Crippen LogP contribution is -2.31. The van der Waals surface area contributed by atoms with Gasteiger partial charge < -0.3 is 25.8 Å². The molecular weight excluding hydrogens is 418 g/mol. The van der Waals surface area contributed by atoms with Crippen molar-refractivity contribution in [3.63, 3.8) is 0 Å². The van der Waals surface area contributed by atoms with Crippen LogP contribution in [0.25, 0.3) is 11.3 Å². The van der Waals surface area contributed by atoms with E-state index < -0.39 is 6.04 Å². The molecule has 3 rings (SSSR count). The van der Waals surface area contributed by atoms with Crippen LogP contribution in [0.15, 0.2) is 42.7 Å². The van der Waals surface area contributed by atoms with E-state index in [2.05, 4.69) is 25.6 Å². The third-order valence-corrected chi connectivity index (χ3v) is 5.19. The van der Waals surface area contributed by atoms with E-state index in [1.807, 2.05) is 13.8 Å². The molecule has 0 saturated heterocycles. The number of benzene rings is 1. The fourth-order valence-electron chi connectivity index (χ4n) is 3.12. The second kappa shape index (κ2) is 10.4. The number of hydrogen-bond acceptors (Lipinski definition) is 6. The van der Waals surface area contributed by atoms with Crippen LogP contribution < -0.4 is 10.6 Å². The normalized spacial score (nSPS) is 12.9. The average Bonchev–Trinajstić information content (AvgIpc) is 3.27. The number of rotatable bonds is 9. The molecule has 1 unspecified atom stereocenters. The molecule has 2 heterocycles. The number of aryl methyl sites for hydroxylation is 1. The molecule has 0 radical (unpaired) electrons. The number of anilines is 1. The summed E-state index contributed by atoms with van der Waals surface area (Å²) in [6.07, 6.45) is 4.13. The van der Waals surface area contributed by atoms with Gasteiger partial charge in [-0.15, -0.1) is 0 Å². The number of H-pyrrole nitrogens is 1. The highest BCUT2D eigenvalue weighted by molar-refractivity contribution is 6.30. The van der Waals surface area contributed by atoms with Crippen LogP contribution in [-0.4, -0.2) is 50.3 Å². The Balaban J connectivity index is 1.78. The minimum atomic E-state index is -0.584. The van der Waals surface area contributed by atoms with Crippen LogP contribution in [0.4, 0.5) is 5.95 Å². The molecule has 3 aromatic rings. The maximum Gasteiger partial charge on any atom is 0.268 e. The number of hydrogen-bond donors (Lipinski definition) is 5. The van der Waals surface area contributed by atoms with Crippen LogP contribution in [0, 0.1) is 6.92 Å². The van der Waals surface area contributed by atoms with E-state index in [-0.39, 0.29) is 25.2 Å². The molecule has 31 heavy (non-hydrogen) atoms. The van der Waals surface area contributed by atoms with Gasteiger partial charge in [-0.1, -0.05) is 30.7 Å². The van der Waals surface area contributed by atoms with Crippen molar-refractivity contribution in [3.05, 3.63) is 64.6 Å². The molecule has 0 aliphatic carbocycles. The number of halogens is 1. The number of nitrogens with one attached hydrogen (secondary N) is 3. The average molecular weight is 444 g/mol. The van der Waals surface area contributed by atoms with Gasteiger partial charge in [0, 0.05) is 23.0 Å². The molecule has 5 N–H and O–H groups in total. The fourth-order valence-corrected chi connectivity index (χ4v) is 3.32. The second-order valence-corrected chi connectivity index (χ2v) is 7.66. The van der Waals surface area contributed by atoms with E-state index in [1.165, 1.54) is 0 Å². The number of aromatic amines is 1. The van der Waals surface area contributed by atoms with Crippen LogP contribution in [0.2, 0.25) is 5.02 Å². The van der Waals surface area contributed by atoms with Crippen molar-refractivity contribution in [3.8, 4) is 11.3 Å². The van der Waals surface area contributed by atoms with E-state index >= 15 is 0 Å². The predicted octanol–water partition coefficient (Wildman–Crippen LogP) is 3.08. The topological polar surface area (TPSA) is 123 Å². The summed E-state index contributed by atoms with van der Waals surface area (Å²) >= 11 is 6.02. The Labute approximate surface area is 185 Å². The highest BCUT2D eigenvalue weighted by atomic mass is 35.5. The Bertz CT molecular complexity index is 1040. The first kappa shape index (κ1) is 22.7. The lowest BCUT2D eigenvalue weighted by Gasteiger charge is -2.16. The molecule has 0 aliphatic rings. The van der Waals surface area contributed by atoms with Gasteiger partial charge in [-0.3, -0.25) is 4.79 Å². The minimum absolute atomic E-state index is 0.0177. The summed E-state index contributed by atoms with van der Waals surface area (Å²) in [7, 11) is 0. The predicted molar refractivity (Wildman–Crippen MR) is 120 cm³/mol. The molecule has 1 aromatic carbocycles. The van der Waals surface area contributed by atoms with Crippen LogP contribution in [0.5, 0.6) is 0 Å². The van der Waals surface area contributed by atoms with Gasteiger partial charge in [0.2, 0.25) is 5.95 Å². The quantitative estimate of drug-likeness (QED) is 0.346. The SMILES string of the molecule is CCC(CO)Nc1ncc(C)c(-c2c[nH]c(C(=O)N[C@H](CO)c3cccc(Cl)c3)c2)n1. The van der Waals surface area contributed by atoms with Crippen LogP contribution in [-0.2, 0) is 0 Å². The number of aromatic nitrogens is 3. The summed E-state index contributed by atoms with van der Waals surface area (Å²) in [5, 5.41) is 25.5. The molecule has 164 valence electrons. The molecular formula is C22H26ClN5O3. The van der Waals surface area contributed by atoms with Gasteiger partial charge in [0.15, 0.2) is 0 Å². The van der Waals surface area contributed by atoms with E-state index in [1.54, 1.807) is 42.7 Å². The molecule has 0 saturated carbocycles. The first-order valence-corrected chi connectivity index (χ1v) is 10.4. The zero-order valence-corrected chi connectivity index (χ0v) is 18.1. The zero-order chi connectivity index (χ0) is 22.4. The molecule has 0 bridgehead atoms. The minimum Gasteiger partial charge on any atom is -0.394 e. The molecule has 2 atom stereocenters. The van der Waals surface area contributed by atoms with Crippen molar-refractivity contribution in [2.24, 2.45) is 0 Å². The van der Waals surface area contributed by atoms with Gasteiger partial charge in [0.1, 0.15) is 5.69 Å². The van der Waals surface area contributed by atoms with E-state index in [0.29, 0.717) is 27.9 Å². The van der Waals surface area contributed by atoms with Crippen LogP contribution in [0.1, 0.15) is 41.0 Å². The molecule has 1 amide bonds. The third kappa shape index (κ3) is 5.61. The number of aliphatic hydroxyl groups excluding tert-OH is 2. The van der Waals surface area contributed by atoms with Gasteiger partial charge in [0.25, 0.3) is 5.91 Å². The Morgan fingerprint density at radius 2 is 2.06 bits per heavy atom. The standard InChI is InChI=1S/C22H26ClN5O3/c1-3-17(11-29)26-22-25-9-13(2)20(28-22)15-8-18(24-10-15)21(31)27-19(12-30)14-5-4-6-16(23)7-14/h4-10,17,19,24,29-30H,3,11-12H2,1-2H3,(H,27,31)(H,25,26,28)/t17?,19-/m1/s1. The van der Waals surface area contributed by atoms with Crippen molar-refractivity contribution < 1.29 is 15.0 Å². The summed E-state index contributed by atoms with van der Waals surface area (Å²) in [5.74, 6) is 0.0525. The van der Waals surface area contributed by atoms with E-state index in [4.69, 9.17) is 11.6 Å². The monoisotopic (exact) mass is 443 g/mol. The lowest BCUT2D eigenvalue weighted by atomic mass is 10.1. The number of aliphatic hydroxyl groups is 2. The van der Waals surface area contributed by atoms with Crippen molar-refractivity contribution in [2.75, 3.05) is 18.5 Å². The van der Waals surface area contributed by atoms with Gasteiger partial charge in [-0.2, -0.15) is 0 Å². The number of carbonyl (C=O) groups is 1. The van der Waals surface area contributed by atoms with Crippen molar-refractivity contribution in [1.82, 2.24) is 20.3 Å². The summed E-state index contributed by atoms with van der Waals surface area (Å²) in [6, 6.07) is 7.98. The van der Waals surface area contributed by atoms with E-state index in [9.17, 15) is 15.0 Å². The van der Waals surface area contributed by atoms with Gasteiger partial charge in [-0.05, 0) is 42.7 Å². The number of amides is 1. The Morgan fingerprint density at radius 3 is 2.74 bits per heavy atom. The largest absolute Gasteiger partial charge is 0.394 e. The summed E-state index contributed by atoms with van der Waals surface area (Å²) in [5.41, 5.74) is 3.31. The fraction of sp³-hybridized carbons (Fsp3) is 0.318. The molecule has 0 spiro atoms. The summed E-state index contributed by atoms with van der Waals surface area (Å²) in [6.45, 7) is 3.57. The number of nitrogens with zero attached hydrogens (tertiary/aromatic N) is 2. The molecule has 2 aromatic heterocycles. The Kier molecular flexibility index (Phi) is 7.62. The summed E-state index contributed by atoms with van der Waals surface area (Å²) < 4.78 is 0. The highest BCUT2D eigenvalue weighted by Crippen LogP contribution is 2.24. The zero-order valence-electron chi connectivity index (χ0n) is 17.4. The molecule has 0 aliphatic heterocycles. The second-order valence-electron chi connectivity index (χ2n) is 7.22. The Morgan fingerprint density at radius 1 is 1.26 bits per heavy atom. The number of carbonyl (C=O) groups excluding carboxylic acids is 1. The van der Waals surface area contributed by atoms with Crippen molar-refractivity contribution >= 4 is 23.5 Å². The maximum absolute atomic E-state index is 12.7. The molecule has 9 heteroatoms. The highest BCUT2D eigenvalue weighted by Gasteiger charge is 2.18. The van der Waals surface area contributed by atoms with E-state index in [0.717, 1.165) is 17.5 Å². The maximum atomic E-state index is 12.7. The van der Waals surface area contributed by atoms with Crippen molar-refractivity contribution in [1.29, 1.82) is 0 Å². The first-order chi connectivity index (χ1) is 14.9. The van der Waals surface area contributed by atoms with Crippen LogP contribution >= 0.6 is 11.6 Å². The van der Waals surface area contributed by atoms with Gasteiger partial charge in [0.05, 0.1) is 31.0 Å². The summed E-state index contributed by atoms with van der Waals surface area (Å²) in [4.78, 5) is 24.5. The smallest absolute Gasteiger partial charge is 0.268 e. The lowest BCUT2D eigenvalue weighted by molar-refractivity contribution is 0.0911. The van der Waals surface area contributed by atoms with Crippen LogP contribution in [0.3, 0.4) is 0 Å². The van der Waals surface area contributed by atoms with Gasteiger partial charge >= 0.3 is 0 Å². The third-order valence-electron chi connectivity index (χ3n) is 4.96. The molecule has 8 nitrogen and oxygen atoms in total. The Hall–Kier alpha value is -2.94. The first-order valence-electron chi connectivity index (χ1n) is 10.0. The molecule has 0 fully saturated rings. The van der Waals surface area contributed by atoms with Gasteiger partial charge in [-0.25, -0.2) is 9.97 Å².